The SMILES string of the molecule is CCNC(Cc1c(C)cc(C)cc1C)C1(CC)CCCC1. The molecule has 0 bridgehead atoms. The van der Waals surface area contributed by atoms with Gasteiger partial charge in [-0.3, -0.25) is 0 Å². The molecule has 21 heavy (non-hydrogen) atoms. The molecule has 1 atom stereocenters. The van der Waals surface area contributed by atoms with Crippen molar-refractivity contribution < 1.29 is 0 Å². The molecule has 1 saturated carbocycles. The predicted molar refractivity (Wildman–Crippen MR) is 93.0 cm³/mol. The van der Waals surface area contributed by atoms with Crippen LogP contribution >= 0.6 is 0 Å². The number of aryl methyl sites for hydroxylation is 3. The first-order chi connectivity index (χ1) is 10.0. The maximum absolute atomic E-state index is 3.83. The van der Waals surface area contributed by atoms with Gasteiger partial charge in [-0.2, -0.15) is 0 Å². The Kier molecular flexibility index (Phi) is 5.48. The monoisotopic (exact) mass is 287 g/mol. The van der Waals surface area contributed by atoms with Crippen LogP contribution in [0.4, 0.5) is 0 Å². The van der Waals surface area contributed by atoms with E-state index in [1.54, 1.807) is 5.56 Å². The summed E-state index contributed by atoms with van der Waals surface area (Å²) in [7, 11) is 0. The van der Waals surface area contributed by atoms with E-state index in [1.807, 2.05) is 0 Å². The molecule has 1 aromatic rings. The van der Waals surface area contributed by atoms with Crippen LogP contribution in [-0.2, 0) is 6.42 Å². The van der Waals surface area contributed by atoms with Crippen LogP contribution in [0.15, 0.2) is 12.1 Å². The third-order valence-corrected chi connectivity index (χ3v) is 5.74. The first-order valence-corrected chi connectivity index (χ1v) is 8.82. The molecule has 1 aliphatic carbocycles. The summed E-state index contributed by atoms with van der Waals surface area (Å²) in [6.45, 7) is 12.5. The summed E-state index contributed by atoms with van der Waals surface area (Å²) in [4.78, 5) is 0. The average molecular weight is 287 g/mol. The molecule has 0 aliphatic heterocycles. The van der Waals surface area contributed by atoms with Crippen LogP contribution in [0, 0.1) is 26.2 Å². The Balaban J connectivity index is 2.28. The molecule has 1 fully saturated rings. The second-order valence-corrected chi connectivity index (χ2v) is 7.11. The van der Waals surface area contributed by atoms with Crippen LogP contribution in [0.5, 0.6) is 0 Å². The Bertz CT molecular complexity index is 446. The second-order valence-electron chi connectivity index (χ2n) is 7.11. The molecule has 0 radical (unpaired) electrons. The summed E-state index contributed by atoms with van der Waals surface area (Å²) in [5, 5.41) is 3.83. The van der Waals surface area contributed by atoms with E-state index in [1.165, 1.54) is 55.2 Å². The highest BCUT2D eigenvalue weighted by molar-refractivity contribution is 5.38. The molecule has 0 heterocycles. The summed E-state index contributed by atoms with van der Waals surface area (Å²) < 4.78 is 0. The van der Waals surface area contributed by atoms with Crippen LogP contribution in [0.25, 0.3) is 0 Å². The van der Waals surface area contributed by atoms with Crippen molar-refractivity contribution in [2.75, 3.05) is 6.54 Å². The maximum atomic E-state index is 3.83. The van der Waals surface area contributed by atoms with Crippen molar-refractivity contribution in [1.29, 1.82) is 0 Å². The van der Waals surface area contributed by atoms with Crippen molar-refractivity contribution >= 4 is 0 Å². The fourth-order valence-electron chi connectivity index (χ4n) is 4.52. The van der Waals surface area contributed by atoms with Crippen molar-refractivity contribution in [2.24, 2.45) is 5.41 Å². The van der Waals surface area contributed by atoms with Crippen LogP contribution < -0.4 is 5.32 Å². The minimum Gasteiger partial charge on any atom is -0.313 e. The number of benzene rings is 1. The van der Waals surface area contributed by atoms with Crippen molar-refractivity contribution in [3.05, 3.63) is 34.4 Å². The molecule has 118 valence electrons. The van der Waals surface area contributed by atoms with Gasteiger partial charge in [0.2, 0.25) is 0 Å². The molecule has 0 aromatic heterocycles. The zero-order valence-electron chi connectivity index (χ0n) is 14.7. The lowest BCUT2D eigenvalue weighted by atomic mass is 9.73. The molecule has 0 amide bonds. The van der Waals surface area contributed by atoms with Gasteiger partial charge in [0.25, 0.3) is 0 Å². The van der Waals surface area contributed by atoms with Crippen molar-refractivity contribution in [2.45, 2.75) is 79.2 Å². The molecular formula is C20H33N. The van der Waals surface area contributed by atoms with Gasteiger partial charge in [-0.1, -0.05) is 44.4 Å². The molecule has 1 N–H and O–H groups in total. The Labute approximate surface area is 131 Å². The molecule has 1 unspecified atom stereocenters. The van der Waals surface area contributed by atoms with Crippen LogP contribution in [0.2, 0.25) is 0 Å². The van der Waals surface area contributed by atoms with E-state index in [4.69, 9.17) is 0 Å². The Morgan fingerprint density at radius 1 is 1.05 bits per heavy atom. The number of hydrogen-bond donors (Lipinski definition) is 1. The van der Waals surface area contributed by atoms with Crippen molar-refractivity contribution in [1.82, 2.24) is 5.32 Å². The summed E-state index contributed by atoms with van der Waals surface area (Å²) >= 11 is 0. The maximum Gasteiger partial charge on any atom is 0.0164 e. The lowest BCUT2D eigenvalue weighted by Crippen LogP contribution is -2.45. The predicted octanol–water partition coefficient (Wildman–Crippen LogP) is 5.10. The molecule has 1 aromatic carbocycles. The Morgan fingerprint density at radius 2 is 1.62 bits per heavy atom. The average Bonchev–Trinajstić information content (AvgIpc) is 2.91. The van der Waals surface area contributed by atoms with Gasteiger partial charge in [0.1, 0.15) is 0 Å². The van der Waals surface area contributed by atoms with Gasteiger partial charge in [-0.05, 0) is 75.1 Å². The fourth-order valence-corrected chi connectivity index (χ4v) is 4.52. The third-order valence-electron chi connectivity index (χ3n) is 5.74. The van der Waals surface area contributed by atoms with Gasteiger partial charge in [-0.25, -0.2) is 0 Å². The van der Waals surface area contributed by atoms with E-state index >= 15 is 0 Å². The summed E-state index contributed by atoms with van der Waals surface area (Å²) in [5.74, 6) is 0. The van der Waals surface area contributed by atoms with Gasteiger partial charge in [0.15, 0.2) is 0 Å². The highest BCUT2D eigenvalue weighted by atomic mass is 14.9. The van der Waals surface area contributed by atoms with Gasteiger partial charge in [0.05, 0.1) is 0 Å². The Morgan fingerprint density at radius 3 is 2.10 bits per heavy atom. The number of rotatable bonds is 6. The van der Waals surface area contributed by atoms with Crippen molar-refractivity contribution in [3.63, 3.8) is 0 Å². The molecule has 0 spiro atoms. The molecular weight excluding hydrogens is 254 g/mol. The zero-order chi connectivity index (χ0) is 15.5. The van der Waals surface area contributed by atoms with E-state index in [0.29, 0.717) is 11.5 Å². The van der Waals surface area contributed by atoms with E-state index < -0.39 is 0 Å². The summed E-state index contributed by atoms with van der Waals surface area (Å²) in [5.41, 5.74) is 6.44. The smallest absolute Gasteiger partial charge is 0.0164 e. The van der Waals surface area contributed by atoms with E-state index in [0.717, 1.165) is 6.54 Å². The molecule has 0 saturated heterocycles. The summed E-state index contributed by atoms with van der Waals surface area (Å²) in [6.07, 6.45) is 8.16. The first-order valence-electron chi connectivity index (χ1n) is 8.82. The van der Waals surface area contributed by atoms with Crippen LogP contribution in [-0.4, -0.2) is 12.6 Å². The molecule has 1 heteroatoms. The fraction of sp³-hybridized carbons (Fsp3) is 0.700. The van der Waals surface area contributed by atoms with Gasteiger partial charge in [-0.15, -0.1) is 0 Å². The van der Waals surface area contributed by atoms with E-state index in [9.17, 15) is 0 Å². The number of nitrogens with one attached hydrogen (secondary N) is 1. The van der Waals surface area contributed by atoms with E-state index in [-0.39, 0.29) is 0 Å². The van der Waals surface area contributed by atoms with Gasteiger partial charge in [0, 0.05) is 6.04 Å². The highest BCUT2D eigenvalue weighted by Gasteiger charge is 2.39. The topological polar surface area (TPSA) is 12.0 Å². The lowest BCUT2D eigenvalue weighted by molar-refractivity contribution is 0.186. The minimum atomic E-state index is 0.528. The Hall–Kier alpha value is -0.820. The van der Waals surface area contributed by atoms with Crippen LogP contribution in [0.3, 0.4) is 0 Å². The quantitative estimate of drug-likeness (QED) is 0.767. The van der Waals surface area contributed by atoms with Gasteiger partial charge >= 0.3 is 0 Å². The molecule has 2 rings (SSSR count). The number of likely N-dealkylation sites (N-methyl/N-ethyl adjacent to an activating group) is 1. The largest absolute Gasteiger partial charge is 0.313 e. The van der Waals surface area contributed by atoms with Crippen molar-refractivity contribution in [3.8, 4) is 0 Å². The van der Waals surface area contributed by atoms with E-state index in [2.05, 4.69) is 52.1 Å². The lowest BCUT2D eigenvalue weighted by Gasteiger charge is -2.38. The minimum absolute atomic E-state index is 0.528. The second kappa shape index (κ2) is 6.96. The molecule has 1 nitrogen and oxygen atoms in total. The zero-order valence-corrected chi connectivity index (χ0v) is 14.7. The third kappa shape index (κ3) is 3.51. The number of hydrogen-bond acceptors (Lipinski definition) is 1. The molecule has 1 aliphatic rings. The normalized spacial score (nSPS) is 18.9. The highest BCUT2D eigenvalue weighted by Crippen LogP contribution is 2.45. The summed E-state index contributed by atoms with van der Waals surface area (Å²) in [6, 6.07) is 5.33. The standard InChI is InChI=1S/C20H33N/c1-6-20(10-8-9-11-20)19(21-7-2)14-18-16(4)12-15(3)13-17(18)5/h12-13,19,21H,6-11,14H2,1-5H3. The van der Waals surface area contributed by atoms with Crippen LogP contribution in [0.1, 0.15) is 68.2 Å². The first kappa shape index (κ1) is 16.5. The van der Waals surface area contributed by atoms with Gasteiger partial charge < -0.3 is 5.32 Å².